The lowest BCUT2D eigenvalue weighted by Crippen LogP contribution is -1.95. The van der Waals surface area contributed by atoms with Crippen LogP contribution in [-0.4, -0.2) is 14.8 Å². The molecule has 2 rings (SSSR count). The van der Waals surface area contributed by atoms with Crippen LogP contribution in [0.25, 0.3) is 11.6 Å². The molecule has 2 N–H and O–H groups in total. The first-order valence-corrected chi connectivity index (χ1v) is 4.87. The fourth-order valence-electron chi connectivity index (χ4n) is 1.57. The number of rotatable bonds is 2. The lowest BCUT2D eigenvalue weighted by Gasteiger charge is -1.96. The number of nitrogen functional groups attached to an aromatic ring is 1. The van der Waals surface area contributed by atoms with Crippen molar-refractivity contribution in [2.24, 2.45) is 7.05 Å². The van der Waals surface area contributed by atoms with E-state index < -0.39 is 0 Å². The van der Waals surface area contributed by atoms with Gasteiger partial charge in [-0.2, -0.15) is 5.10 Å². The van der Waals surface area contributed by atoms with Crippen LogP contribution in [0, 0.1) is 6.92 Å². The minimum absolute atomic E-state index is 0.528. The first kappa shape index (κ1) is 9.76. The highest BCUT2D eigenvalue weighted by Gasteiger charge is 2.17. The maximum absolute atomic E-state index is 5.97. The van der Waals surface area contributed by atoms with E-state index in [-0.39, 0.29) is 0 Å². The molecule has 0 fully saturated rings. The number of oxazole rings is 1. The van der Waals surface area contributed by atoms with Gasteiger partial charge in [-0.3, -0.25) is 4.68 Å². The van der Waals surface area contributed by atoms with Gasteiger partial charge in [-0.05, 0) is 13.3 Å². The van der Waals surface area contributed by atoms with E-state index in [0.29, 0.717) is 11.6 Å². The van der Waals surface area contributed by atoms with E-state index >= 15 is 0 Å². The van der Waals surface area contributed by atoms with E-state index in [9.17, 15) is 0 Å². The van der Waals surface area contributed by atoms with Crippen LogP contribution in [0.2, 0.25) is 0 Å². The topological polar surface area (TPSA) is 69.9 Å². The Labute approximate surface area is 87.9 Å². The second kappa shape index (κ2) is 3.42. The molecule has 0 aromatic carbocycles. The van der Waals surface area contributed by atoms with Crippen molar-refractivity contribution in [2.75, 3.05) is 5.73 Å². The molecule has 0 bridgehead atoms. The van der Waals surface area contributed by atoms with Gasteiger partial charge in [-0.25, -0.2) is 4.98 Å². The normalized spacial score (nSPS) is 10.9. The Morgan fingerprint density at radius 2 is 2.27 bits per heavy atom. The van der Waals surface area contributed by atoms with Gasteiger partial charge in [0, 0.05) is 7.05 Å². The highest BCUT2D eigenvalue weighted by atomic mass is 16.3. The van der Waals surface area contributed by atoms with E-state index in [2.05, 4.69) is 10.1 Å². The molecule has 0 aliphatic carbocycles. The number of nitrogens with zero attached hydrogens (tertiary/aromatic N) is 3. The summed E-state index contributed by atoms with van der Waals surface area (Å²) in [5.41, 5.74) is 9.09. The summed E-state index contributed by atoms with van der Waals surface area (Å²) in [6.45, 7) is 3.89. The first-order valence-electron chi connectivity index (χ1n) is 4.87. The van der Waals surface area contributed by atoms with Crippen LogP contribution in [0.5, 0.6) is 0 Å². The molecule has 0 spiro atoms. The molecule has 0 aliphatic rings. The van der Waals surface area contributed by atoms with Gasteiger partial charge < -0.3 is 10.2 Å². The van der Waals surface area contributed by atoms with Crippen molar-refractivity contribution < 1.29 is 4.42 Å². The zero-order valence-electron chi connectivity index (χ0n) is 9.11. The maximum atomic E-state index is 5.97. The Kier molecular flexibility index (Phi) is 2.22. The van der Waals surface area contributed by atoms with Gasteiger partial charge in [-0.15, -0.1) is 0 Å². The van der Waals surface area contributed by atoms with Gasteiger partial charge in [0.25, 0.3) is 0 Å². The van der Waals surface area contributed by atoms with E-state index in [4.69, 9.17) is 10.2 Å². The number of nitrogens with two attached hydrogens (primary N) is 1. The van der Waals surface area contributed by atoms with Crippen molar-refractivity contribution in [2.45, 2.75) is 20.3 Å². The number of aromatic nitrogens is 3. The Morgan fingerprint density at radius 1 is 1.53 bits per heavy atom. The predicted octanol–water partition coefficient (Wildman–Crippen LogP) is 1.53. The fourth-order valence-corrected chi connectivity index (χ4v) is 1.57. The van der Waals surface area contributed by atoms with Crippen molar-refractivity contribution in [1.82, 2.24) is 14.8 Å². The van der Waals surface area contributed by atoms with Gasteiger partial charge in [0.2, 0.25) is 5.89 Å². The van der Waals surface area contributed by atoms with Crippen molar-refractivity contribution in [1.29, 1.82) is 0 Å². The summed E-state index contributed by atoms with van der Waals surface area (Å²) < 4.78 is 7.03. The summed E-state index contributed by atoms with van der Waals surface area (Å²) in [7, 11) is 1.84. The molecule has 2 aromatic rings. The summed E-state index contributed by atoms with van der Waals surface area (Å²) in [5, 5.41) is 4.31. The van der Waals surface area contributed by atoms with Gasteiger partial charge in [0.1, 0.15) is 12.0 Å². The lowest BCUT2D eigenvalue weighted by molar-refractivity contribution is 0.564. The summed E-state index contributed by atoms with van der Waals surface area (Å²) >= 11 is 0. The van der Waals surface area contributed by atoms with Crippen LogP contribution < -0.4 is 5.73 Å². The SMILES string of the molecule is CCc1nn(C)c(-c2nc(C)co2)c1N. The highest BCUT2D eigenvalue weighted by Crippen LogP contribution is 2.27. The predicted molar refractivity (Wildman–Crippen MR) is 57.2 cm³/mol. The third kappa shape index (κ3) is 1.49. The quantitative estimate of drug-likeness (QED) is 0.808. The van der Waals surface area contributed by atoms with E-state index in [1.54, 1.807) is 10.9 Å². The van der Waals surface area contributed by atoms with Crippen LogP contribution in [-0.2, 0) is 13.5 Å². The molecule has 0 saturated carbocycles. The molecule has 2 aromatic heterocycles. The van der Waals surface area contributed by atoms with Crippen LogP contribution in [0.3, 0.4) is 0 Å². The Balaban J connectivity index is 2.57. The zero-order chi connectivity index (χ0) is 11.0. The third-order valence-corrected chi connectivity index (χ3v) is 2.32. The van der Waals surface area contributed by atoms with E-state index in [0.717, 1.165) is 23.5 Å². The molecule has 0 saturated heterocycles. The lowest BCUT2D eigenvalue weighted by atomic mass is 10.2. The minimum atomic E-state index is 0.528. The van der Waals surface area contributed by atoms with Crippen molar-refractivity contribution >= 4 is 5.69 Å². The second-order valence-electron chi connectivity index (χ2n) is 3.48. The molecule has 15 heavy (non-hydrogen) atoms. The number of aryl methyl sites for hydroxylation is 3. The molecule has 5 heteroatoms. The molecule has 0 atom stereocenters. The second-order valence-corrected chi connectivity index (χ2v) is 3.48. The van der Waals surface area contributed by atoms with Crippen LogP contribution in [0.15, 0.2) is 10.7 Å². The minimum Gasteiger partial charge on any atom is -0.443 e. The fraction of sp³-hybridized carbons (Fsp3) is 0.400. The summed E-state index contributed by atoms with van der Waals surface area (Å²) in [5.74, 6) is 0.528. The molecule has 0 unspecified atom stereocenters. The molecule has 0 radical (unpaired) electrons. The Hall–Kier alpha value is -1.78. The van der Waals surface area contributed by atoms with E-state index in [1.807, 2.05) is 20.9 Å². The van der Waals surface area contributed by atoms with Crippen molar-refractivity contribution in [3.8, 4) is 11.6 Å². The largest absolute Gasteiger partial charge is 0.443 e. The highest BCUT2D eigenvalue weighted by molar-refractivity contribution is 5.69. The average Bonchev–Trinajstić information content (AvgIpc) is 2.71. The van der Waals surface area contributed by atoms with Crippen molar-refractivity contribution in [3.05, 3.63) is 17.7 Å². The summed E-state index contributed by atoms with van der Waals surface area (Å²) in [4.78, 5) is 4.24. The van der Waals surface area contributed by atoms with Gasteiger partial charge >= 0.3 is 0 Å². The van der Waals surface area contributed by atoms with Gasteiger partial charge in [0.05, 0.1) is 17.1 Å². The molecule has 80 valence electrons. The molecule has 2 heterocycles. The van der Waals surface area contributed by atoms with Crippen molar-refractivity contribution in [3.63, 3.8) is 0 Å². The zero-order valence-corrected chi connectivity index (χ0v) is 9.11. The average molecular weight is 206 g/mol. The summed E-state index contributed by atoms with van der Waals surface area (Å²) in [6, 6.07) is 0. The molecule has 0 aliphatic heterocycles. The molecular formula is C10H14N4O. The maximum Gasteiger partial charge on any atom is 0.247 e. The molecule has 5 nitrogen and oxygen atoms in total. The molecular weight excluding hydrogens is 192 g/mol. The van der Waals surface area contributed by atoms with Crippen LogP contribution in [0.4, 0.5) is 5.69 Å². The third-order valence-electron chi connectivity index (χ3n) is 2.32. The van der Waals surface area contributed by atoms with Gasteiger partial charge in [0.15, 0.2) is 0 Å². The monoisotopic (exact) mass is 206 g/mol. The molecule has 0 amide bonds. The Bertz CT molecular complexity index is 484. The van der Waals surface area contributed by atoms with Crippen LogP contribution in [0.1, 0.15) is 18.3 Å². The number of anilines is 1. The van der Waals surface area contributed by atoms with E-state index in [1.165, 1.54) is 0 Å². The number of hydrogen-bond acceptors (Lipinski definition) is 4. The first-order chi connectivity index (χ1) is 7.13. The standard InChI is InChI=1S/C10H14N4O/c1-4-7-8(11)9(14(3)13-7)10-12-6(2)5-15-10/h5H,4,11H2,1-3H3. The smallest absolute Gasteiger partial charge is 0.247 e. The summed E-state index contributed by atoms with van der Waals surface area (Å²) in [6.07, 6.45) is 2.41. The number of hydrogen-bond donors (Lipinski definition) is 1. The Morgan fingerprint density at radius 3 is 2.73 bits per heavy atom. The van der Waals surface area contributed by atoms with Gasteiger partial charge in [-0.1, -0.05) is 6.92 Å². The van der Waals surface area contributed by atoms with Crippen LogP contribution >= 0.6 is 0 Å².